The van der Waals surface area contributed by atoms with Crippen LogP contribution in [0.3, 0.4) is 0 Å². The van der Waals surface area contributed by atoms with Gasteiger partial charge in [0, 0.05) is 19.5 Å². The van der Waals surface area contributed by atoms with Crippen LogP contribution in [-0.2, 0) is 9.59 Å². The molecule has 2 atom stereocenters. The fourth-order valence-electron chi connectivity index (χ4n) is 4.04. The highest BCUT2D eigenvalue weighted by molar-refractivity contribution is 5.90. The first-order chi connectivity index (χ1) is 11.6. The first-order valence-corrected chi connectivity index (χ1v) is 8.94. The fourth-order valence-corrected chi connectivity index (χ4v) is 4.04. The Kier molecular flexibility index (Phi) is 5.38. The number of ether oxygens (including phenoxy) is 1. The molecule has 1 aromatic rings. The molecule has 5 nitrogen and oxygen atoms in total. The van der Waals surface area contributed by atoms with Crippen LogP contribution in [0.5, 0.6) is 5.75 Å². The number of carbonyl (C=O) groups is 2. The lowest BCUT2D eigenvalue weighted by Gasteiger charge is -2.44. The Labute approximate surface area is 143 Å². The Hall–Kier alpha value is -2.04. The van der Waals surface area contributed by atoms with Gasteiger partial charge in [0.05, 0.1) is 5.69 Å². The van der Waals surface area contributed by atoms with Crippen LogP contribution < -0.4 is 10.1 Å². The number of nitrogens with one attached hydrogen (secondary N) is 1. The predicted octanol–water partition coefficient (Wildman–Crippen LogP) is 3.21. The van der Waals surface area contributed by atoms with Gasteiger partial charge in [-0.2, -0.15) is 0 Å². The van der Waals surface area contributed by atoms with E-state index in [0.29, 0.717) is 23.4 Å². The van der Waals surface area contributed by atoms with E-state index < -0.39 is 0 Å². The Balaban J connectivity index is 1.62. The van der Waals surface area contributed by atoms with Gasteiger partial charge in [0.15, 0.2) is 6.61 Å². The van der Waals surface area contributed by atoms with E-state index in [4.69, 9.17) is 4.74 Å². The Morgan fingerprint density at radius 2 is 1.92 bits per heavy atom. The standard InChI is InChI=1S/C19H26N2O3/c1-14(22)20-16-9-3-5-11-18(16)24-13-19(23)21-12-6-8-15-7-2-4-10-17(15)21/h3,5,9,11,15,17H,2,4,6-8,10,12-13H2,1H3,(H,20,22)/t15-,17-/m0/s1. The second-order valence-electron chi connectivity index (χ2n) is 6.81. The predicted molar refractivity (Wildman–Crippen MR) is 92.9 cm³/mol. The van der Waals surface area contributed by atoms with Crippen molar-refractivity contribution >= 4 is 17.5 Å². The molecule has 130 valence electrons. The largest absolute Gasteiger partial charge is 0.482 e. The Bertz CT molecular complexity index is 600. The molecule has 2 aliphatic rings. The van der Waals surface area contributed by atoms with Gasteiger partial charge in [-0.15, -0.1) is 0 Å². The minimum atomic E-state index is -0.154. The molecule has 1 aromatic carbocycles. The van der Waals surface area contributed by atoms with Gasteiger partial charge in [-0.3, -0.25) is 9.59 Å². The first kappa shape index (κ1) is 16.8. The SMILES string of the molecule is CC(=O)Nc1ccccc1OCC(=O)N1CCC[C@@H]2CCCC[C@@H]21. The van der Waals surface area contributed by atoms with Crippen LogP contribution in [-0.4, -0.2) is 35.9 Å². The van der Waals surface area contributed by atoms with Crippen molar-refractivity contribution in [1.82, 2.24) is 4.90 Å². The number of anilines is 1. The van der Waals surface area contributed by atoms with Crippen LogP contribution in [0.1, 0.15) is 45.4 Å². The van der Waals surface area contributed by atoms with Crippen LogP contribution in [0.4, 0.5) is 5.69 Å². The fraction of sp³-hybridized carbons (Fsp3) is 0.579. The summed E-state index contributed by atoms with van der Waals surface area (Å²) in [5, 5.41) is 2.73. The summed E-state index contributed by atoms with van der Waals surface area (Å²) in [4.78, 5) is 26.0. The van der Waals surface area contributed by atoms with Crippen molar-refractivity contribution in [3.63, 3.8) is 0 Å². The van der Waals surface area contributed by atoms with Crippen LogP contribution in [0.15, 0.2) is 24.3 Å². The maximum atomic E-state index is 12.7. The molecule has 5 heteroatoms. The third-order valence-corrected chi connectivity index (χ3v) is 5.11. The number of benzene rings is 1. The number of para-hydroxylation sites is 2. The van der Waals surface area contributed by atoms with Gasteiger partial charge >= 0.3 is 0 Å². The van der Waals surface area contributed by atoms with E-state index in [1.165, 1.54) is 32.6 Å². The molecule has 0 bridgehead atoms. The molecule has 1 saturated heterocycles. The number of likely N-dealkylation sites (tertiary alicyclic amines) is 1. The van der Waals surface area contributed by atoms with E-state index >= 15 is 0 Å². The van der Waals surface area contributed by atoms with Gasteiger partial charge in [0.25, 0.3) is 5.91 Å². The van der Waals surface area contributed by atoms with Crippen LogP contribution in [0, 0.1) is 5.92 Å². The highest BCUT2D eigenvalue weighted by Crippen LogP contribution is 2.35. The van der Waals surface area contributed by atoms with Gasteiger partial charge < -0.3 is 15.0 Å². The van der Waals surface area contributed by atoms with Gasteiger partial charge in [0.2, 0.25) is 5.91 Å². The van der Waals surface area contributed by atoms with Crippen molar-refractivity contribution in [3.8, 4) is 5.75 Å². The number of rotatable bonds is 4. The molecule has 2 amide bonds. The second kappa shape index (κ2) is 7.69. The van der Waals surface area contributed by atoms with E-state index in [0.717, 1.165) is 19.4 Å². The molecule has 3 rings (SSSR count). The summed E-state index contributed by atoms with van der Waals surface area (Å²) in [7, 11) is 0. The number of amides is 2. The number of piperidine rings is 1. The van der Waals surface area contributed by atoms with E-state index in [-0.39, 0.29) is 18.4 Å². The Morgan fingerprint density at radius 3 is 2.75 bits per heavy atom. The maximum absolute atomic E-state index is 12.7. The van der Waals surface area contributed by atoms with E-state index in [9.17, 15) is 9.59 Å². The van der Waals surface area contributed by atoms with Crippen molar-refractivity contribution < 1.29 is 14.3 Å². The molecule has 24 heavy (non-hydrogen) atoms. The molecule has 0 unspecified atom stereocenters. The summed E-state index contributed by atoms with van der Waals surface area (Å²) >= 11 is 0. The van der Waals surface area contributed by atoms with Crippen molar-refractivity contribution in [2.75, 3.05) is 18.5 Å². The normalized spacial score (nSPS) is 23.3. The summed E-state index contributed by atoms with van der Waals surface area (Å²) < 4.78 is 5.73. The van der Waals surface area contributed by atoms with Crippen LogP contribution >= 0.6 is 0 Å². The molecule has 1 N–H and O–H groups in total. The molecule has 2 fully saturated rings. The number of hydrogen-bond acceptors (Lipinski definition) is 3. The smallest absolute Gasteiger partial charge is 0.260 e. The first-order valence-electron chi connectivity index (χ1n) is 8.94. The summed E-state index contributed by atoms with van der Waals surface area (Å²) in [6.07, 6.45) is 7.23. The minimum absolute atomic E-state index is 0.0276. The monoisotopic (exact) mass is 330 g/mol. The van der Waals surface area contributed by atoms with Crippen LogP contribution in [0.25, 0.3) is 0 Å². The lowest BCUT2D eigenvalue weighted by atomic mass is 9.78. The summed E-state index contributed by atoms with van der Waals surface area (Å²) in [5.41, 5.74) is 0.604. The molecule has 1 saturated carbocycles. The number of fused-ring (bicyclic) bond motifs is 1. The second-order valence-corrected chi connectivity index (χ2v) is 6.81. The van der Waals surface area contributed by atoms with Gasteiger partial charge in [-0.05, 0) is 43.7 Å². The molecule has 0 radical (unpaired) electrons. The maximum Gasteiger partial charge on any atom is 0.260 e. The Morgan fingerprint density at radius 1 is 1.17 bits per heavy atom. The van der Waals surface area contributed by atoms with Crippen LogP contribution in [0.2, 0.25) is 0 Å². The van der Waals surface area contributed by atoms with Crippen molar-refractivity contribution in [2.24, 2.45) is 5.92 Å². The lowest BCUT2D eigenvalue weighted by Crippen LogP contribution is -2.51. The summed E-state index contributed by atoms with van der Waals surface area (Å²) in [6.45, 7) is 2.33. The quantitative estimate of drug-likeness (QED) is 0.922. The lowest BCUT2D eigenvalue weighted by molar-refractivity contribution is -0.139. The third kappa shape index (κ3) is 3.89. The molecular formula is C19H26N2O3. The highest BCUT2D eigenvalue weighted by atomic mass is 16.5. The van der Waals surface area contributed by atoms with E-state index in [1.54, 1.807) is 12.1 Å². The summed E-state index contributed by atoms with van der Waals surface area (Å²) in [6, 6.07) is 7.62. The molecule has 1 aliphatic heterocycles. The average Bonchev–Trinajstić information content (AvgIpc) is 2.60. The number of nitrogens with zero attached hydrogens (tertiary/aromatic N) is 1. The summed E-state index contributed by atoms with van der Waals surface area (Å²) in [5.74, 6) is 1.11. The molecule has 1 aliphatic carbocycles. The molecule has 1 heterocycles. The molecule has 0 spiro atoms. The zero-order valence-electron chi connectivity index (χ0n) is 14.3. The van der Waals surface area contributed by atoms with Gasteiger partial charge in [-0.25, -0.2) is 0 Å². The van der Waals surface area contributed by atoms with E-state index in [1.807, 2.05) is 17.0 Å². The number of carbonyl (C=O) groups excluding carboxylic acids is 2. The molecular weight excluding hydrogens is 304 g/mol. The highest BCUT2D eigenvalue weighted by Gasteiger charge is 2.35. The van der Waals surface area contributed by atoms with E-state index in [2.05, 4.69) is 5.32 Å². The minimum Gasteiger partial charge on any atom is -0.482 e. The average molecular weight is 330 g/mol. The zero-order chi connectivity index (χ0) is 16.9. The van der Waals surface area contributed by atoms with Crippen molar-refractivity contribution in [1.29, 1.82) is 0 Å². The third-order valence-electron chi connectivity index (χ3n) is 5.11. The van der Waals surface area contributed by atoms with Gasteiger partial charge in [0.1, 0.15) is 5.75 Å². The van der Waals surface area contributed by atoms with Gasteiger partial charge in [-0.1, -0.05) is 25.0 Å². The molecule has 0 aromatic heterocycles. The van der Waals surface area contributed by atoms with Crippen molar-refractivity contribution in [3.05, 3.63) is 24.3 Å². The topological polar surface area (TPSA) is 58.6 Å². The zero-order valence-corrected chi connectivity index (χ0v) is 14.3. The van der Waals surface area contributed by atoms with Crippen molar-refractivity contribution in [2.45, 2.75) is 51.5 Å². The number of hydrogen-bond donors (Lipinski definition) is 1.